The van der Waals surface area contributed by atoms with Crippen molar-refractivity contribution in [3.8, 4) is 5.75 Å². The van der Waals surface area contributed by atoms with Crippen molar-refractivity contribution in [2.24, 2.45) is 11.1 Å². The summed E-state index contributed by atoms with van der Waals surface area (Å²) in [6.45, 7) is 9.17. The highest BCUT2D eigenvalue weighted by Gasteiger charge is 2.34. The quantitative estimate of drug-likeness (QED) is 0.337. The van der Waals surface area contributed by atoms with Gasteiger partial charge in [0, 0.05) is 3.57 Å². The van der Waals surface area contributed by atoms with Gasteiger partial charge in [0.1, 0.15) is 5.75 Å². The zero-order valence-corrected chi connectivity index (χ0v) is 18.2. The summed E-state index contributed by atoms with van der Waals surface area (Å²) >= 11 is 2.34. The lowest BCUT2D eigenvalue weighted by Gasteiger charge is -2.35. The van der Waals surface area contributed by atoms with E-state index >= 15 is 0 Å². The molecule has 0 atom stereocenters. The first-order valence-corrected chi connectivity index (χ1v) is 10.6. The number of nitrogens with two attached hydrogens (primary N) is 1. The lowest BCUT2D eigenvalue weighted by Crippen LogP contribution is -2.36. The van der Waals surface area contributed by atoms with Crippen LogP contribution in [0.5, 0.6) is 5.75 Å². The van der Waals surface area contributed by atoms with Crippen molar-refractivity contribution in [3.05, 3.63) is 26.8 Å². The third kappa shape index (κ3) is 5.19. The predicted octanol–water partition coefficient (Wildman–Crippen LogP) is 5.74. The minimum absolute atomic E-state index is 0.0610. The molecule has 0 saturated heterocycles. The Balaban J connectivity index is 2.27. The second-order valence-electron chi connectivity index (χ2n) is 8.14. The van der Waals surface area contributed by atoms with Crippen molar-refractivity contribution in [1.29, 1.82) is 0 Å². The van der Waals surface area contributed by atoms with Gasteiger partial charge in [-0.2, -0.15) is 0 Å². The van der Waals surface area contributed by atoms with E-state index in [-0.39, 0.29) is 11.4 Å². The van der Waals surface area contributed by atoms with E-state index in [4.69, 9.17) is 10.5 Å². The Morgan fingerprint density at radius 2 is 1.64 bits per heavy atom. The first-order valence-electron chi connectivity index (χ1n) is 9.52. The zero-order chi connectivity index (χ0) is 18.6. The van der Waals surface area contributed by atoms with Crippen LogP contribution in [-0.4, -0.2) is 12.5 Å². The van der Waals surface area contributed by atoms with Gasteiger partial charge in [0.05, 0.1) is 6.42 Å². The number of benzene rings is 1. The van der Waals surface area contributed by atoms with E-state index in [1.165, 1.54) is 22.8 Å². The molecule has 0 amide bonds. The van der Waals surface area contributed by atoms with E-state index in [0.29, 0.717) is 24.8 Å². The van der Waals surface area contributed by atoms with Gasteiger partial charge in [-0.1, -0.05) is 47.0 Å². The van der Waals surface area contributed by atoms with E-state index in [9.17, 15) is 4.79 Å². The van der Waals surface area contributed by atoms with E-state index < -0.39 is 0 Å². The van der Waals surface area contributed by atoms with Crippen molar-refractivity contribution in [3.63, 3.8) is 0 Å². The summed E-state index contributed by atoms with van der Waals surface area (Å²) in [7, 11) is 0. The van der Waals surface area contributed by atoms with Crippen LogP contribution in [-0.2, 0) is 4.79 Å². The fraction of sp³-hybridized carbons (Fsp3) is 0.667. The minimum atomic E-state index is -0.127. The fourth-order valence-electron chi connectivity index (χ4n) is 3.82. The van der Waals surface area contributed by atoms with Crippen LogP contribution < -0.4 is 10.5 Å². The lowest BCUT2D eigenvalue weighted by atomic mass is 9.72. The van der Waals surface area contributed by atoms with Gasteiger partial charge in [0.2, 0.25) is 0 Å². The van der Waals surface area contributed by atoms with E-state index in [1.54, 1.807) is 0 Å². The highest BCUT2D eigenvalue weighted by molar-refractivity contribution is 14.1. The Hall–Kier alpha value is -0.620. The smallest absolute Gasteiger partial charge is 0.311 e. The number of halogens is 1. The van der Waals surface area contributed by atoms with Crippen molar-refractivity contribution in [2.45, 2.75) is 78.1 Å². The summed E-state index contributed by atoms with van der Waals surface area (Å²) in [5.41, 5.74) is 8.23. The summed E-state index contributed by atoms with van der Waals surface area (Å²) in [4.78, 5) is 12.8. The normalized spacial score (nSPS) is 17.1. The van der Waals surface area contributed by atoms with Gasteiger partial charge in [-0.3, -0.25) is 4.79 Å². The number of hydrogen-bond acceptors (Lipinski definition) is 3. The Morgan fingerprint density at radius 3 is 2.08 bits per heavy atom. The average molecular weight is 457 g/mol. The molecule has 1 fully saturated rings. The maximum absolute atomic E-state index is 12.8. The summed E-state index contributed by atoms with van der Waals surface area (Å²) in [6, 6.07) is 4.28. The molecule has 0 unspecified atom stereocenters. The number of carbonyl (C=O) groups is 1. The molecule has 1 aromatic carbocycles. The van der Waals surface area contributed by atoms with Crippen LogP contribution in [0.15, 0.2) is 12.1 Å². The molecule has 1 aromatic rings. The third-order valence-electron chi connectivity index (χ3n) is 5.44. The summed E-state index contributed by atoms with van der Waals surface area (Å²) in [5, 5.41) is 0. The second-order valence-corrected chi connectivity index (χ2v) is 9.38. The summed E-state index contributed by atoms with van der Waals surface area (Å²) < 4.78 is 7.18. The van der Waals surface area contributed by atoms with E-state index in [2.05, 4.69) is 62.4 Å². The van der Waals surface area contributed by atoms with Gasteiger partial charge < -0.3 is 10.5 Å². The van der Waals surface area contributed by atoms with Crippen LogP contribution in [0.3, 0.4) is 0 Å². The van der Waals surface area contributed by atoms with Crippen LogP contribution in [0.1, 0.15) is 89.2 Å². The fourth-order valence-corrected chi connectivity index (χ4v) is 4.49. The van der Waals surface area contributed by atoms with Gasteiger partial charge in [-0.05, 0) is 82.5 Å². The summed E-state index contributed by atoms with van der Waals surface area (Å²) in [5.74, 6) is 1.28. The van der Waals surface area contributed by atoms with Crippen molar-refractivity contribution < 1.29 is 9.53 Å². The molecule has 0 bridgehead atoms. The Bertz CT molecular complexity index is 575. The Labute approximate surface area is 166 Å². The SMILES string of the molecule is CC(C)c1cc(I)cc(C(C)C)c1OC(=O)CC1(CN)CCCCC1. The molecule has 0 radical (unpaired) electrons. The third-order valence-corrected chi connectivity index (χ3v) is 6.06. The number of ether oxygens (including phenoxy) is 1. The molecule has 0 spiro atoms. The van der Waals surface area contributed by atoms with Crippen molar-refractivity contribution >= 4 is 28.6 Å². The minimum Gasteiger partial charge on any atom is -0.426 e. The van der Waals surface area contributed by atoms with Crippen LogP contribution in [0.25, 0.3) is 0 Å². The lowest BCUT2D eigenvalue weighted by molar-refractivity contribution is -0.137. The maximum Gasteiger partial charge on any atom is 0.311 e. The highest BCUT2D eigenvalue weighted by atomic mass is 127. The molecule has 0 aromatic heterocycles. The second kappa shape index (κ2) is 8.85. The largest absolute Gasteiger partial charge is 0.426 e. The summed E-state index contributed by atoms with van der Waals surface area (Å²) in [6.07, 6.45) is 6.11. The van der Waals surface area contributed by atoms with Gasteiger partial charge >= 0.3 is 5.97 Å². The zero-order valence-electron chi connectivity index (χ0n) is 16.0. The topological polar surface area (TPSA) is 52.3 Å². The number of esters is 1. The van der Waals surface area contributed by atoms with Gasteiger partial charge in [0.25, 0.3) is 0 Å². The first kappa shape index (κ1) is 20.7. The van der Waals surface area contributed by atoms with E-state index in [0.717, 1.165) is 29.7 Å². The molecule has 1 saturated carbocycles. The molecule has 140 valence electrons. The Kier molecular flexibility index (Phi) is 7.32. The van der Waals surface area contributed by atoms with Gasteiger partial charge in [-0.25, -0.2) is 0 Å². The molecule has 2 N–H and O–H groups in total. The number of hydrogen-bond donors (Lipinski definition) is 1. The average Bonchev–Trinajstić information content (AvgIpc) is 2.56. The molecular formula is C21H32INO2. The van der Waals surface area contributed by atoms with Gasteiger partial charge in [-0.15, -0.1) is 0 Å². The highest BCUT2D eigenvalue weighted by Crippen LogP contribution is 2.40. The maximum atomic E-state index is 12.8. The standard InChI is InChI=1S/C21H32INO2/c1-14(2)17-10-16(22)11-18(15(3)4)20(17)25-19(24)12-21(13-23)8-6-5-7-9-21/h10-11,14-15H,5-9,12-13,23H2,1-4H3. The number of carbonyl (C=O) groups excluding carboxylic acids is 1. The van der Waals surface area contributed by atoms with Gasteiger partial charge in [0.15, 0.2) is 0 Å². The predicted molar refractivity (Wildman–Crippen MR) is 112 cm³/mol. The molecule has 0 heterocycles. The van der Waals surface area contributed by atoms with Crippen LogP contribution >= 0.6 is 22.6 Å². The van der Waals surface area contributed by atoms with Crippen molar-refractivity contribution in [2.75, 3.05) is 6.54 Å². The van der Waals surface area contributed by atoms with Crippen LogP contribution in [0.2, 0.25) is 0 Å². The monoisotopic (exact) mass is 457 g/mol. The molecule has 4 heteroatoms. The molecule has 25 heavy (non-hydrogen) atoms. The van der Waals surface area contributed by atoms with Crippen molar-refractivity contribution in [1.82, 2.24) is 0 Å². The molecule has 0 aliphatic heterocycles. The van der Waals surface area contributed by atoms with E-state index in [1.807, 2.05) is 0 Å². The molecule has 2 rings (SSSR count). The van der Waals surface area contributed by atoms with Crippen LogP contribution in [0, 0.1) is 8.99 Å². The molecule has 3 nitrogen and oxygen atoms in total. The van der Waals surface area contributed by atoms with Crippen LogP contribution in [0.4, 0.5) is 0 Å². The molecular weight excluding hydrogens is 425 g/mol. The molecule has 1 aliphatic rings. The Morgan fingerprint density at radius 1 is 1.12 bits per heavy atom. The molecule has 1 aliphatic carbocycles. The number of rotatable bonds is 6. The first-order chi connectivity index (χ1) is 11.8.